The SMILES string of the molecule is CC[C@@]1(O)C(=O)OCc2c1cc1n(c2=O)Cc2c-1nc1cc(F)c(C)c3c1c2[C@@H](n1nncc1CC(O)C(F)(F)F)CC3. The first-order chi connectivity index (χ1) is 20.3. The number of halogens is 4. The number of rotatable bonds is 4. The number of hydrogen-bond acceptors (Lipinski definition) is 8. The van der Waals surface area contributed by atoms with E-state index in [-0.39, 0.29) is 41.9 Å². The van der Waals surface area contributed by atoms with Crippen molar-refractivity contribution in [1.82, 2.24) is 24.5 Å². The number of alkyl halides is 3. The lowest BCUT2D eigenvalue weighted by molar-refractivity contribution is -0.203. The Hall–Kier alpha value is -4.17. The summed E-state index contributed by atoms with van der Waals surface area (Å²) >= 11 is 0. The lowest BCUT2D eigenvalue weighted by atomic mass is 9.81. The second kappa shape index (κ2) is 9.16. The molecule has 14 heteroatoms. The van der Waals surface area contributed by atoms with E-state index in [0.29, 0.717) is 51.9 Å². The fourth-order valence-electron chi connectivity index (χ4n) is 6.76. The molecule has 1 aliphatic carbocycles. The van der Waals surface area contributed by atoms with Crippen LogP contribution in [0.1, 0.15) is 64.9 Å². The van der Waals surface area contributed by atoms with Gasteiger partial charge in [-0.05, 0) is 48.9 Å². The van der Waals surface area contributed by atoms with Crippen LogP contribution < -0.4 is 5.56 Å². The van der Waals surface area contributed by atoms with Crippen LogP contribution in [0.25, 0.3) is 22.3 Å². The average Bonchev–Trinajstić information content (AvgIpc) is 3.58. The Morgan fingerprint density at radius 3 is 2.70 bits per heavy atom. The molecule has 3 atom stereocenters. The van der Waals surface area contributed by atoms with Crippen LogP contribution >= 0.6 is 0 Å². The van der Waals surface area contributed by atoms with Crippen LogP contribution in [0.15, 0.2) is 23.1 Å². The van der Waals surface area contributed by atoms with Crippen LogP contribution in [0.2, 0.25) is 0 Å². The molecule has 1 aromatic carbocycles. The van der Waals surface area contributed by atoms with Crippen molar-refractivity contribution < 1.29 is 37.3 Å². The van der Waals surface area contributed by atoms with E-state index >= 15 is 4.39 Å². The monoisotopic (exact) mass is 599 g/mol. The molecule has 0 bridgehead atoms. The molecule has 0 amide bonds. The highest BCUT2D eigenvalue weighted by molar-refractivity contribution is 5.93. The molecular weight excluding hydrogens is 574 g/mol. The number of cyclic esters (lactones) is 1. The molecule has 0 saturated heterocycles. The molecule has 0 fully saturated rings. The lowest BCUT2D eigenvalue weighted by Gasteiger charge is -2.31. The van der Waals surface area contributed by atoms with Gasteiger partial charge in [-0.1, -0.05) is 12.1 Å². The molecule has 7 rings (SSSR count). The zero-order valence-corrected chi connectivity index (χ0v) is 23.0. The molecule has 10 nitrogen and oxygen atoms in total. The van der Waals surface area contributed by atoms with Crippen molar-refractivity contribution in [2.45, 2.75) is 76.6 Å². The van der Waals surface area contributed by atoms with E-state index in [2.05, 4.69) is 10.3 Å². The molecule has 0 spiro atoms. The van der Waals surface area contributed by atoms with Crippen LogP contribution in [0, 0.1) is 12.7 Å². The molecule has 0 saturated carbocycles. The molecule has 3 aliphatic rings. The van der Waals surface area contributed by atoms with Crippen molar-refractivity contribution in [3.05, 3.63) is 73.6 Å². The number of aromatic nitrogens is 5. The van der Waals surface area contributed by atoms with Gasteiger partial charge >= 0.3 is 12.1 Å². The number of esters is 1. The zero-order chi connectivity index (χ0) is 30.6. The number of aryl methyl sites for hydroxylation is 1. The summed E-state index contributed by atoms with van der Waals surface area (Å²) in [6, 6.07) is 2.17. The van der Waals surface area contributed by atoms with Gasteiger partial charge in [0.1, 0.15) is 12.4 Å². The first-order valence-corrected chi connectivity index (χ1v) is 13.8. The third kappa shape index (κ3) is 3.81. The van der Waals surface area contributed by atoms with Gasteiger partial charge in [0.2, 0.25) is 0 Å². The predicted molar refractivity (Wildman–Crippen MR) is 141 cm³/mol. The fourth-order valence-corrected chi connectivity index (χ4v) is 6.76. The highest BCUT2D eigenvalue weighted by atomic mass is 19.4. The van der Waals surface area contributed by atoms with Gasteiger partial charge in [0.25, 0.3) is 5.56 Å². The van der Waals surface area contributed by atoms with Crippen molar-refractivity contribution in [3.63, 3.8) is 0 Å². The van der Waals surface area contributed by atoms with Crippen molar-refractivity contribution in [2.24, 2.45) is 0 Å². The summed E-state index contributed by atoms with van der Waals surface area (Å²) in [4.78, 5) is 31.1. The number of hydrogen-bond donors (Lipinski definition) is 2. The van der Waals surface area contributed by atoms with E-state index in [4.69, 9.17) is 9.72 Å². The highest BCUT2D eigenvalue weighted by Crippen LogP contribution is 2.47. The molecule has 5 heterocycles. The third-order valence-corrected chi connectivity index (χ3v) is 9.07. The molecule has 3 aromatic heterocycles. The summed E-state index contributed by atoms with van der Waals surface area (Å²) in [5, 5.41) is 29.6. The van der Waals surface area contributed by atoms with Crippen LogP contribution in [0.4, 0.5) is 17.6 Å². The zero-order valence-electron chi connectivity index (χ0n) is 23.0. The summed E-state index contributed by atoms with van der Waals surface area (Å²) in [5.74, 6) is -1.34. The van der Waals surface area contributed by atoms with Gasteiger partial charge < -0.3 is 19.5 Å². The minimum absolute atomic E-state index is 0.0368. The van der Waals surface area contributed by atoms with Crippen molar-refractivity contribution >= 4 is 16.9 Å². The van der Waals surface area contributed by atoms with Gasteiger partial charge in [0.15, 0.2) is 11.7 Å². The number of benzene rings is 1. The molecule has 43 heavy (non-hydrogen) atoms. The molecular formula is C29H25F4N5O5. The molecule has 1 unspecified atom stereocenters. The molecule has 2 aliphatic heterocycles. The van der Waals surface area contributed by atoms with Gasteiger partial charge in [0, 0.05) is 29.0 Å². The maximum absolute atomic E-state index is 15.1. The second-order valence-corrected chi connectivity index (χ2v) is 11.3. The van der Waals surface area contributed by atoms with Gasteiger partial charge in [-0.2, -0.15) is 13.2 Å². The van der Waals surface area contributed by atoms with E-state index in [1.807, 2.05) is 0 Å². The summed E-state index contributed by atoms with van der Waals surface area (Å²) < 4.78 is 62.8. The van der Waals surface area contributed by atoms with E-state index in [1.54, 1.807) is 19.9 Å². The Morgan fingerprint density at radius 1 is 1.21 bits per heavy atom. The smallest absolute Gasteiger partial charge is 0.414 e. The van der Waals surface area contributed by atoms with Crippen LogP contribution in [-0.4, -0.2) is 53.0 Å². The third-order valence-electron chi connectivity index (χ3n) is 9.07. The summed E-state index contributed by atoms with van der Waals surface area (Å²) in [6.45, 7) is 2.97. The van der Waals surface area contributed by atoms with Crippen LogP contribution in [-0.2, 0) is 41.1 Å². The molecule has 0 radical (unpaired) electrons. The van der Waals surface area contributed by atoms with Crippen LogP contribution in [0.5, 0.6) is 0 Å². The van der Waals surface area contributed by atoms with Crippen molar-refractivity contribution in [2.75, 3.05) is 0 Å². The number of carbonyl (C=O) groups excluding carboxylic acids is 1. The number of nitrogens with zero attached hydrogens (tertiary/aromatic N) is 5. The minimum atomic E-state index is -4.85. The van der Waals surface area contributed by atoms with E-state index in [1.165, 1.54) is 21.5 Å². The second-order valence-electron chi connectivity index (χ2n) is 11.3. The fraction of sp³-hybridized carbons (Fsp3) is 0.414. The summed E-state index contributed by atoms with van der Waals surface area (Å²) in [5.41, 5.74) is 1.08. The Morgan fingerprint density at radius 2 is 1.98 bits per heavy atom. The maximum Gasteiger partial charge on any atom is 0.414 e. The Balaban J connectivity index is 1.48. The average molecular weight is 600 g/mol. The Labute approximate surface area is 240 Å². The van der Waals surface area contributed by atoms with Gasteiger partial charge in [-0.3, -0.25) is 4.79 Å². The number of pyridine rings is 2. The van der Waals surface area contributed by atoms with E-state index in [0.717, 1.165) is 0 Å². The largest absolute Gasteiger partial charge is 0.458 e. The quantitative estimate of drug-likeness (QED) is 0.238. The number of carbonyl (C=O) groups is 1. The van der Waals surface area contributed by atoms with Crippen molar-refractivity contribution in [3.8, 4) is 11.4 Å². The normalized spacial score (nSPS) is 21.4. The molecule has 4 aromatic rings. The van der Waals surface area contributed by atoms with Gasteiger partial charge in [0.05, 0.1) is 46.9 Å². The maximum atomic E-state index is 15.1. The first kappa shape index (κ1) is 27.7. The van der Waals surface area contributed by atoms with Gasteiger partial charge in [-0.25, -0.2) is 18.9 Å². The first-order valence-electron chi connectivity index (χ1n) is 13.8. The topological polar surface area (TPSA) is 132 Å². The highest BCUT2D eigenvalue weighted by Gasteiger charge is 2.46. The number of ether oxygens (including phenoxy) is 1. The predicted octanol–water partition coefficient (Wildman–Crippen LogP) is 3.12. The van der Waals surface area contributed by atoms with E-state index in [9.17, 15) is 33.0 Å². The standard InChI is InChI=1S/C29H25F4N5O5/c1-3-28(42)17-7-21-25-15(10-37(21)26(40)16(17)11-43-27(28)41)24-20(38-13(9-34-36-38)6-22(39)29(31,32)33)5-4-14-12(2)18(30)8-19(35-25)23(14)24/h7-9,20,22,39,42H,3-6,10-11H2,1-2H3/t20-,22?,28-/m0/s1. The van der Waals surface area contributed by atoms with Crippen LogP contribution in [0.3, 0.4) is 0 Å². The van der Waals surface area contributed by atoms with Gasteiger partial charge in [-0.15, -0.1) is 5.10 Å². The molecule has 224 valence electrons. The lowest BCUT2D eigenvalue weighted by Crippen LogP contribution is -2.44. The number of aliphatic hydroxyl groups is 2. The summed E-state index contributed by atoms with van der Waals surface area (Å²) in [7, 11) is 0. The Bertz CT molecular complexity index is 1930. The van der Waals surface area contributed by atoms with Crippen molar-refractivity contribution in [1.29, 1.82) is 0 Å². The summed E-state index contributed by atoms with van der Waals surface area (Å²) in [6.07, 6.45) is -6.40. The number of aliphatic hydroxyl groups excluding tert-OH is 1. The minimum Gasteiger partial charge on any atom is -0.458 e. The Kier molecular flexibility index (Phi) is 5.89. The number of fused-ring (bicyclic) bond motifs is 5. The van der Waals surface area contributed by atoms with E-state index < -0.39 is 47.7 Å². The molecule has 2 N–H and O–H groups in total.